The van der Waals surface area contributed by atoms with Crippen molar-refractivity contribution in [1.82, 2.24) is 14.9 Å². The van der Waals surface area contributed by atoms with Crippen LogP contribution in [0.3, 0.4) is 0 Å². The fraction of sp³-hybridized carbons (Fsp3) is 0.267. The second kappa shape index (κ2) is 6.90. The summed E-state index contributed by atoms with van der Waals surface area (Å²) in [5.74, 6) is -0.493. The lowest BCUT2D eigenvalue weighted by atomic mass is 10.2. The predicted molar refractivity (Wildman–Crippen MR) is 78.1 cm³/mol. The van der Waals surface area contributed by atoms with Gasteiger partial charge in [0.2, 0.25) is 5.91 Å². The van der Waals surface area contributed by atoms with E-state index in [-0.39, 0.29) is 24.3 Å². The summed E-state index contributed by atoms with van der Waals surface area (Å²) in [6, 6.07) is 7.49. The van der Waals surface area contributed by atoms with Crippen LogP contribution in [0, 0.1) is 5.82 Å². The molecule has 1 N–H and O–H groups in total. The smallest absolute Gasteiger partial charge is 0.238 e. The van der Waals surface area contributed by atoms with E-state index in [0.29, 0.717) is 5.69 Å². The van der Waals surface area contributed by atoms with Crippen LogP contribution in [0.2, 0.25) is 0 Å². The molecule has 0 saturated heterocycles. The second-order valence-corrected chi connectivity index (χ2v) is 4.78. The average molecular weight is 288 g/mol. The number of carbonyl (C=O) groups is 1. The van der Waals surface area contributed by atoms with Gasteiger partial charge in [0.05, 0.1) is 12.2 Å². The number of nitrogens with zero attached hydrogens (tertiary/aromatic N) is 3. The van der Waals surface area contributed by atoms with E-state index in [1.807, 2.05) is 24.9 Å². The number of hydrogen-bond donors (Lipinski definition) is 1. The minimum Gasteiger partial charge on any atom is -0.325 e. The number of rotatable bonds is 5. The second-order valence-electron chi connectivity index (χ2n) is 4.78. The Labute approximate surface area is 122 Å². The van der Waals surface area contributed by atoms with E-state index in [2.05, 4.69) is 15.3 Å². The Bertz CT molecular complexity index is 588. The van der Waals surface area contributed by atoms with Crippen molar-refractivity contribution in [3.8, 4) is 0 Å². The standard InChI is InChI=1S/C15H17FN4O/c1-11(14-7-8-17-10-18-14)20(2)9-15(21)19-13-5-3-12(16)4-6-13/h3-8,10-11H,9H2,1-2H3,(H,19,21)/t11-/m0/s1. The van der Waals surface area contributed by atoms with Crippen molar-refractivity contribution in [1.29, 1.82) is 0 Å². The molecule has 6 heteroatoms. The molecule has 0 unspecified atom stereocenters. The van der Waals surface area contributed by atoms with Gasteiger partial charge in [0, 0.05) is 17.9 Å². The van der Waals surface area contributed by atoms with E-state index in [9.17, 15) is 9.18 Å². The van der Waals surface area contributed by atoms with Crippen molar-refractivity contribution >= 4 is 11.6 Å². The third-order valence-corrected chi connectivity index (χ3v) is 3.22. The number of halogens is 1. The lowest BCUT2D eigenvalue weighted by molar-refractivity contribution is -0.117. The molecule has 0 aliphatic carbocycles. The van der Waals surface area contributed by atoms with Gasteiger partial charge in [-0.05, 0) is 44.3 Å². The zero-order chi connectivity index (χ0) is 15.2. The minimum absolute atomic E-state index is 0.00744. The Morgan fingerprint density at radius 2 is 2.05 bits per heavy atom. The van der Waals surface area contributed by atoms with E-state index in [1.54, 1.807) is 6.20 Å². The molecular weight excluding hydrogens is 271 g/mol. The van der Waals surface area contributed by atoms with Gasteiger partial charge in [-0.25, -0.2) is 14.4 Å². The average Bonchev–Trinajstić information content (AvgIpc) is 2.49. The SMILES string of the molecule is C[C@@H](c1ccncn1)N(C)CC(=O)Nc1ccc(F)cc1. The maximum absolute atomic E-state index is 12.8. The molecule has 1 atom stereocenters. The highest BCUT2D eigenvalue weighted by molar-refractivity contribution is 5.92. The van der Waals surface area contributed by atoms with E-state index < -0.39 is 0 Å². The van der Waals surface area contributed by atoms with Crippen molar-refractivity contribution in [2.45, 2.75) is 13.0 Å². The molecule has 0 aliphatic heterocycles. The molecule has 5 nitrogen and oxygen atoms in total. The van der Waals surface area contributed by atoms with Gasteiger partial charge < -0.3 is 5.32 Å². The maximum atomic E-state index is 12.8. The van der Waals surface area contributed by atoms with Crippen molar-refractivity contribution < 1.29 is 9.18 Å². The zero-order valence-corrected chi connectivity index (χ0v) is 12.0. The summed E-state index contributed by atoms with van der Waals surface area (Å²) in [7, 11) is 1.84. The van der Waals surface area contributed by atoms with Crippen LogP contribution in [0.5, 0.6) is 0 Å². The van der Waals surface area contributed by atoms with Crippen LogP contribution in [0.25, 0.3) is 0 Å². The molecule has 0 aliphatic rings. The molecule has 2 aromatic rings. The van der Waals surface area contributed by atoms with E-state index in [1.165, 1.54) is 30.6 Å². The summed E-state index contributed by atoms with van der Waals surface area (Å²) < 4.78 is 12.8. The highest BCUT2D eigenvalue weighted by Crippen LogP contribution is 2.15. The van der Waals surface area contributed by atoms with Gasteiger partial charge in [-0.15, -0.1) is 0 Å². The third-order valence-electron chi connectivity index (χ3n) is 3.22. The highest BCUT2D eigenvalue weighted by Gasteiger charge is 2.15. The van der Waals surface area contributed by atoms with Gasteiger partial charge in [-0.2, -0.15) is 0 Å². The fourth-order valence-electron chi connectivity index (χ4n) is 1.87. The third kappa shape index (κ3) is 4.32. The highest BCUT2D eigenvalue weighted by atomic mass is 19.1. The number of carbonyl (C=O) groups excluding carboxylic acids is 1. The van der Waals surface area contributed by atoms with Gasteiger partial charge in [0.15, 0.2) is 0 Å². The molecule has 0 fully saturated rings. The first-order valence-corrected chi connectivity index (χ1v) is 6.58. The van der Waals surface area contributed by atoms with Crippen LogP contribution in [0.15, 0.2) is 42.9 Å². The molecule has 0 radical (unpaired) electrons. The Hall–Kier alpha value is -2.34. The number of benzene rings is 1. The maximum Gasteiger partial charge on any atom is 0.238 e. The number of aromatic nitrogens is 2. The summed E-state index contributed by atoms with van der Waals surface area (Å²) >= 11 is 0. The first-order chi connectivity index (χ1) is 10.1. The number of anilines is 1. The van der Waals surface area contributed by atoms with Crippen molar-refractivity contribution in [3.05, 3.63) is 54.4 Å². The van der Waals surface area contributed by atoms with Gasteiger partial charge in [-0.3, -0.25) is 9.69 Å². The monoisotopic (exact) mass is 288 g/mol. The number of nitrogens with one attached hydrogen (secondary N) is 1. The topological polar surface area (TPSA) is 58.1 Å². The first kappa shape index (κ1) is 15.1. The van der Waals surface area contributed by atoms with Gasteiger partial charge >= 0.3 is 0 Å². The Kier molecular flexibility index (Phi) is 4.94. The lowest BCUT2D eigenvalue weighted by Gasteiger charge is -2.23. The van der Waals surface area contributed by atoms with E-state index >= 15 is 0 Å². The van der Waals surface area contributed by atoms with E-state index in [0.717, 1.165) is 5.69 Å². The summed E-state index contributed by atoms with van der Waals surface area (Å²) in [4.78, 5) is 21.9. The molecule has 0 bridgehead atoms. The normalized spacial score (nSPS) is 12.2. The summed E-state index contributed by atoms with van der Waals surface area (Å²) in [5.41, 5.74) is 1.42. The van der Waals surface area contributed by atoms with Crippen LogP contribution in [0.4, 0.5) is 10.1 Å². The van der Waals surface area contributed by atoms with Crippen molar-refractivity contribution in [3.63, 3.8) is 0 Å². The molecule has 0 spiro atoms. The molecule has 1 amide bonds. The van der Waals surface area contributed by atoms with Crippen LogP contribution in [-0.4, -0.2) is 34.4 Å². The lowest BCUT2D eigenvalue weighted by Crippen LogP contribution is -2.32. The molecule has 1 aromatic carbocycles. The summed E-state index contributed by atoms with van der Waals surface area (Å²) in [6.45, 7) is 2.18. The van der Waals surface area contributed by atoms with Crippen molar-refractivity contribution in [2.24, 2.45) is 0 Å². The Morgan fingerprint density at radius 3 is 2.67 bits per heavy atom. The molecule has 21 heavy (non-hydrogen) atoms. The zero-order valence-electron chi connectivity index (χ0n) is 12.0. The minimum atomic E-state index is -0.331. The molecule has 1 heterocycles. The molecular formula is C15H17FN4O. The molecule has 110 valence electrons. The largest absolute Gasteiger partial charge is 0.325 e. The van der Waals surface area contributed by atoms with Crippen LogP contribution in [0.1, 0.15) is 18.7 Å². The number of hydrogen-bond acceptors (Lipinski definition) is 4. The molecule has 2 rings (SSSR count). The first-order valence-electron chi connectivity index (χ1n) is 6.58. The number of likely N-dealkylation sites (N-methyl/N-ethyl adjacent to an activating group) is 1. The number of amides is 1. The fourth-order valence-corrected chi connectivity index (χ4v) is 1.87. The quantitative estimate of drug-likeness (QED) is 0.916. The van der Waals surface area contributed by atoms with Gasteiger partial charge in [0.25, 0.3) is 0 Å². The van der Waals surface area contributed by atoms with Gasteiger partial charge in [-0.1, -0.05) is 0 Å². The van der Waals surface area contributed by atoms with Crippen LogP contribution >= 0.6 is 0 Å². The summed E-state index contributed by atoms with van der Waals surface area (Å²) in [5, 5.41) is 2.73. The van der Waals surface area contributed by atoms with Crippen molar-refractivity contribution in [2.75, 3.05) is 18.9 Å². The van der Waals surface area contributed by atoms with Gasteiger partial charge in [0.1, 0.15) is 12.1 Å². The molecule has 1 aromatic heterocycles. The van der Waals surface area contributed by atoms with Crippen LogP contribution in [-0.2, 0) is 4.79 Å². The molecule has 0 saturated carbocycles. The Morgan fingerprint density at radius 1 is 1.33 bits per heavy atom. The predicted octanol–water partition coefficient (Wildman–Crippen LogP) is 2.25. The van der Waals surface area contributed by atoms with E-state index in [4.69, 9.17) is 0 Å². The summed E-state index contributed by atoms with van der Waals surface area (Å²) in [6.07, 6.45) is 3.16. The van der Waals surface area contributed by atoms with Crippen LogP contribution < -0.4 is 5.32 Å². The Balaban J connectivity index is 1.91.